The Kier molecular flexibility index (Phi) is 5.96. The third kappa shape index (κ3) is 5.09. The molecule has 2 aromatic rings. The Morgan fingerprint density at radius 2 is 1.93 bits per heavy atom. The summed E-state index contributed by atoms with van der Waals surface area (Å²) in [7, 11) is 0. The summed E-state index contributed by atoms with van der Waals surface area (Å²) in [5.41, 5.74) is 0.554. The Bertz CT molecular complexity index is 840. The van der Waals surface area contributed by atoms with Gasteiger partial charge in [-0.05, 0) is 41.8 Å². The van der Waals surface area contributed by atoms with Crippen LogP contribution < -0.4 is 5.32 Å². The molecule has 1 atom stereocenters. The van der Waals surface area contributed by atoms with Crippen LogP contribution in [0.3, 0.4) is 0 Å². The molecule has 148 valence electrons. The van der Waals surface area contributed by atoms with Gasteiger partial charge < -0.3 is 10.2 Å². The molecule has 0 bridgehead atoms. The number of aromatic nitrogens is 1. The first-order valence-corrected chi connectivity index (χ1v) is 8.93. The lowest BCUT2D eigenvalue weighted by molar-refractivity contribution is -0.139. The number of hydrogen-bond donors (Lipinski definition) is 1. The molecule has 0 radical (unpaired) electrons. The molecule has 3 rings (SSSR count). The summed E-state index contributed by atoms with van der Waals surface area (Å²) >= 11 is 0. The van der Waals surface area contributed by atoms with Crippen molar-refractivity contribution in [2.24, 2.45) is 5.92 Å². The second-order valence-corrected chi connectivity index (χ2v) is 6.78. The van der Waals surface area contributed by atoms with Gasteiger partial charge in [0, 0.05) is 38.4 Å². The van der Waals surface area contributed by atoms with Crippen LogP contribution in [0, 0.1) is 5.92 Å². The smallest absolute Gasteiger partial charge is 0.352 e. The number of carbonyl (C=O) groups excluding carboxylic acids is 2. The van der Waals surface area contributed by atoms with E-state index in [1.165, 1.54) is 11.0 Å². The van der Waals surface area contributed by atoms with E-state index in [-0.39, 0.29) is 37.2 Å². The lowest BCUT2D eigenvalue weighted by Gasteiger charge is -2.32. The molecule has 1 aliphatic heterocycles. The normalized spacial score (nSPS) is 17.5. The Morgan fingerprint density at radius 3 is 2.64 bits per heavy atom. The van der Waals surface area contributed by atoms with Gasteiger partial charge in [0.05, 0.1) is 11.5 Å². The van der Waals surface area contributed by atoms with Gasteiger partial charge in [-0.1, -0.05) is 12.1 Å². The van der Waals surface area contributed by atoms with Crippen molar-refractivity contribution < 1.29 is 22.8 Å². The second kappa shape index (κ2) is 8.41. The first-order chi connectivity index (χ1) is 13.3. The van der Waals surface area contributed by atoms with Gasteiger partial charge in [0.15, 0.2) is 0 Å². The van der Waals surface area contributed by atoms with E-state index in [0.717, 1.165) is 17.7 Å². The summed E-state index contributed by atoms with van der Waals surface area (Å²) in [6.45, 7) is 0.605. The van der Waals surface area contributed by atoms with Crippen LogP contribution in [0.5, 0.6) is 0 Å². The molecule has 8 heteroatoms. The molecule has 1 unspecified atom stereocenters. The summed E-state index contributed by atoms with van der Waals surface area (Å²) < 4.78 is 38.6. The first kappa shape index (κ1) is 19.9. The van der Waals surface area contributed by atoms with E-state index in [4.69, 9.17) is 0 Å². The molecular formula is C20H20F3N3O2. The number of nitrogens with one attached hydrogen (secondary N) is 1. The van der Waals surface area contributed by atoms with Crippen molar-refractivity contribution in [3.05, 3.63) is 65.5 Å². The van der Waals surface area contributed by atoms with Crippen molar-refractivity contribution >= 4 is 11.8 Å². The highest BCUT2D eigenvalue weighted by Crippen LogP contribution is 2.30. The van der Waals surface area contributed by atoms with Crippen LogP contribution in [0.2, 0.25) is 0 Å². The van der Waals surface area contributed by atoms with Crippen LogP contribution in [-0.4, -0.2) is 28.2 Å². The van der Waals surface area contributed by atoms with Gasteiger partial charge in [0.2, 0.25) is 11.8 Å². The summed E-state index contributed by atoms with van der Waals surface area (Å²) in [5.74, 6) is -0.709. The fourth-order valence-electron chi connectivity index (χ4n) is 3.18. The lowest BCUT2D eigenvalue weighted by Crippen LogP contribution is -2.45. The number of amides is 2. The Labute approximate surface area is 160 Å². The number of hydrogen-bond acceptors (Lipinski definition) is 3. The van der Waals surface area contributed by atoms with E-state index >= 15 is 0 Å². The van der Waals surface area contributed by atoms with Crippen LogP contribution >= 0.6 is 0 Å². The largest absolute Gasteiger partial charge is 0.416 e. The quantitative estimate of drug-likeness (QED) is 0.852. The number of nitrogens with zero attached hydrogens (tertiary/aromatic N) is 2. The Balaban J connectivity index is 1.61. The minimum atomic E-state index is -4.43. The summed E-state index contributed by atoms with van der Waals surface area (Å²) in [4.78, 5) is 30.0. The lowest BCUT2D eigenvalue weighted by atomic mass is 9.96. The predicted octanol–water partition coefficient (Wildman–Crippen LogP) is 3.16. The Hall–Kier alpha value is -2.90. The topological polar surface area (TPSA) is 62.3 Å². The van der Waals surface area contributed by atoms with Crippen molar-refractivity contribution in [2.45, 2.75) is 32.1 Å². The maximum Gasteiger partial charge on any atom is 0.416 e. The van der Waals surface area contributed by atoms with Crippen LogP contribution in [0.25, 0.3) is 0 Å². The number of carbonyl (C=O) groups is 2. The van der Waals surface area contributed by atoms with E-state index in [1.807, 2.05) is 0 Å². The maximum atomic E-state index is 12.9. The number of piperidine rings is 1. The van der Waals surface area contributed by atoms with E-state index in [0.29, 0.717) is 18.5 Å². The van der Waals surface area contributed by atoms with Crippen molar-refractivity contribution in [1.82, 2.24) is 15.2 Å². The fraction of sp³-hybridized carbons (Fsp3) is 0.350. The van der Waals surface area contributed by atoms with Gasteiger partial charge in [-0.3, -0.25) is 14.6 Å². The van der Waals surface area contributed by atoms with Gasteiger partial charge in [-0.15, -0.1) is 0 Å². The maximum absolute atomic E-state index is 12.9. The molecular weight excluding hydrogens is 371 g/mol. The second-order valence-electron chi connectivity index (χ2n) is 6.78. The van der Waals surface area contributed by atoms with E-state index in [9.17, 15) is 22.8 Å². The molecule has 0 spiro atoms. The monoisotopic (exact) mass is 391 g/mol. The Morgan fingerprint density at radius 1 is 1.18 bits per heavy atom. The average molecular weight is 391 g/mol. The van der Waals surface area contributed by atoms with Crippen LogP contribution in [0.1, 0.15) is 29.5 Å². The number of alkyl halides is 3. The molecule has 2 heterocycles. The van der Waals surface area contributed by atoms with E-state index in [1.54, 1.807) is 30.6 Å². The minimum Gasteiger partial charge on any atom is -0.352 e. The van der Waals surface area contributed by atoms with Crippen molar-refractivity contribution in [3.8, 4) is 0 Å². The zero-order valence-corrected chi connectivity index (χ0v) is 15.1. The average Bonchev–Trinajstić information content (AvgIpc) is 2.68. The predicted molar refractivity (Wildman–Crippen MR) is 95.7 cm³/mol. The molecule has 5 nitrogen and oxygen atoms in total. The summed E-state index contributed by atoms with van der Waals surface area (Å²) in [5, 5.41) is 2.84. The summed E-state index contributed by atoms with van der Waals surface area (Å²) in [6.07, 6.45) is -0.529. The highest BCUT2D eigenvalue weighted by Gasteiger charge is 2.32. The molecule has 1 saturated heterocycles. The van der Waals surface area contributed by atoms with Crippen molar-refractivity contribution in [2.75, 3.05) is 6.54 Å². The molecule has 1 aromatic carbocycles. The fourth-order valence-corrected chi connectivity index (χ4v) is 3.18. The first-order valence-electron chi connectivity index (χ1n) is 8.93. The van der Waals surface area contributed by atoms with Crippen molar-refractivity contribution in [3.63, 3.8) is 0 Å². The van der Waals surface area contributed by atoms with Crippen LogP contribution in [0.4, 0.5) is 13.2 Å². The van der Waals surface area contributed by atoms with Gasteiger partial charge in [0.25, 0.3) is 0 Å². The van der Waals surface area contributed by atoms with Gasteiger partial charge >= 0.3 is 6.18 Å². The third-order valence-corrected chi connectivity index (χ3v) is 4.71. The zero-order valence-electron chi connectivity index (χ0n) is 15.1. The number of halogens is 3. The standard InChI is InChI=1S/C20H20F3N3O2/c21-20(22,23)17-3-1-2-15(10-17)12-26-13-16(4-5-18(26)27)19(28)25-11-14-6-8-24-9-7-14/h1-3,6-10,16H,4-5,11-13H2,(H,25,28). The molecule has 1 aromatic heterocycles. The molecule has 0 aliphatic carbocycles. The van der Waals surface area contributed by atoms with Gasteiger partial charge in [-0.2, -0.15) is 13.2 Å². The number of benzene rings is 1. The summed E-state index contributed by atoms with van der Waals surface area (Å²) in [6, 6.07) is 8.51. The van der Waals surface area contributed by atoms with Crippen molar-refractivity contribution in [1.29, 1.82) is 0 Å². The SMILES string of the molecule is O=C(NCc1ccncc1)C1CCC(=O)N(Cc2cccc(C(F)(F)F)c2)C1. The number of rotatable bonds is 5. The molecule has 2 amide bonds. The molecule has 1 N–H and O–H groups in total. The highest BCUT2D eigenvalue weighted by atomic mass is 19.4. The van der Waals surface area contributed by atoms with Crippen LogP contribution in [-0.2, 0) is 28.9 Å². The molecule has 0 saturated carbocycles. The molecule has 1 aliphatic rings. The molecule has 1 fully saturated rings. The zero-order chi connectivity index (χ0) is 20.1. The third-order valence-electron chi connectivity index (χ3n) is 4.71. The highest BCUT2D eigenvalue weighted by molar-refractivity contribution is 5.83. The molecule has 28 heavy (non-hydrogen) atoms. The van der Waals surface area contributed by atoms with E-state index < -0.39 is 11.7 Å². The van der Waals surface area contributed by atoms with Crippen LogP contribution in [0.15, 0.2) is 48.8 Å². The number of pyridine rings is 1. The van der Waals surface area contributed by atoms with E-state index in [2.05, 4.69) is 10.3 Å². The van der Waals surface area contributed by atoms with Gasteiger partial charge in [-0.25, -0.2) is 0 Å². The number of likely N-dealkylation sites (tertiary alicyclic amines) is 1. The minimum absolute atomic E-state index is 0.0525. The van der Waals surface area contributed by atoms with Gasteiger partial charge in [0.1, 0.15) is 0 Å².